The minimum atomic E-state index is 0.0254. The summed E-state index contributed by atoms with van der Waals surface area (Å²) in [6.07, 6.45) is 8.14. The van der Waals surface area contributed by atoms with Crippen LogP contribution in [0.25, 0.3) is 12.2 Å². The summed E-state index contributed by atoms with van der Waals surface area (Å²) in [6.45, 7) is 0. The molecular formula is C20H20O4. The Hall–Kier alpha value is -3.01. The van der Waals surface area contributed by atoms with Gasteiger partial charge in [-0.25, -0.2) is 0 Å². The van der Waals surface area contributed by atoms with Gasteiger partial charge in [-0.2, -0.15) is 0 Å². The molecule has 0 atom stereocenters. The van der Waals surface area contributed by atoms with Crippen LogP contribution >= 0.6 is 0 Å². The number of rotatable bonds is 7. The molecule has 4 nitrogen and oxygen atoms in total. The largest absolute Gasteiger partial charge is 0.508 e. The number of phenols is 2. The lowest BCUT2D eigenvalue weighted by molar-refractivity contribution is -0.114. The van der Waals surface area contributed by atoms with Crippen molar-refractivity contribution < 1.29 is 19.7 Å². The van der Waals surface area contributed by atoms with Crippen molar-refractivity contribution in [2.45, 2.75) is 12.8 Å². The molecule has 2 aromatic carbocycles. The number of carbonyl (C=O) groups excluding carboxylic acids is 1. The van der Waals surface area contributed by atoms with Gasteiger partial charge >= 0.3 is 0 Å². The summed E-state index contributed by atoms with van der Waals surface area (Å²) in [7, 11) is 1.48. The quantitative estimate of drug-likeness (QED) is 0.750. The summed E-state index contributed by atoms with van der Waals surface area (Å²) in [6, 6.07) is 11.8. The zero-order valence-corrected chi connectivity index (χ0v) is 13.5. The van der Waals surface area contributed by atoms with E-state index in [-0.39, 0.29) is 17.3 Å². The van der Waals surface area contributed by atoms with Gasteiger partial charge < -0.3 is 14.9 Å². The van der Waals surface area contributed by atoms with Crippen LogP contribution in [0.5, 0.6) is 17.2 Å². The molecule has 4 heteroatoms. The maximum atomic E-state index is 11.9. The average molecular weight is 324 g/mol. The molecule has 0 heterocycles. The van der Waals surface area contributed by atoms with Gasteiger partial charge in [-0.1, -0.05) is 36.4 Å². The van der Waals surface area contributed by atoms with E-state index in [0.717, 1.165) is 11.1 Å². The highest BCUT2D eigenvalue weighted by molar-refractivity contribution is 5.93. The molecule has 0 radical (unpaired) electrons. The topological polar surface area (TPSA) is 66.8 Å². The van der Waals surface area contributed by atoms with E-state index in [1.54, 1.807) is 30.3 Å². The van der Waals surface area contributed by atoms with Crippen LogP contribution < -0.4 is 4.74 Å². The Bertz CT molecular complexity index is 743. The van der Waals surface area contributed by atoms with Gasteiger partial charge in [-0.05, 0) is 47.9 Å². The number of allylic oxidation sites excluding steroid dienone is 2. The number of methoxy groups -OCH3 is 1. The van der Waals surface area contributed by atoms with E-state index in [2.05, 4.69) is 0 Å². The van der Waals surface area contributed by atoms with Gasteiger partial charge in [0.15, 0.2) is 17.3 Å². The monoisotopic (exact) mass is 324 g/mol. The molecule has 0 aliphatic heterocycles. The van der Waals surface area contributed by atoms with Gasteiger partial charge in [0.05, 0.1) is 7.11 Å². The molecule has 2 rings (SSSR count). The molecule has 0 aliphatic carbocycles. The Morgan fingerprint density at radius 3 is 2.46 bits per heavy atom. The molecule has 0 saturated heterocycles. The molecule has 0 aromatic heterocycles. The fourth-order valence-electron chi connectivity index (χ4n) is 2.10. The first-order chi connectivity index (χ1) is 11.6. The summed E-state index contributed by atoms with van der Waals surface area (Å²) in [5, 5.41) is 18.7. The van der Waals surface area contributed by atoms with Crippen LogP contribution in [0.15, 0.2) is 54.6 Å². The molecule has 0 spiro atoms. The highest BCUT2D eigenvalue weighted by Crippen LogP contribution is 2.26. The lowest BCUT2D eigenvalue weighted by Gasteiger charge is -2.03. The standard InChI is InChI=1S/C20H20O4/c1-24-20-14-16(9-13-19(20)23)8-12-17(21)5-3-2-4-15-6-10-18(22)11-7-15/h2,4,6-14,22-23H,3,5H2,1H3/b4-2?,12-8+. The third-order valence-corrected chi connectivity index (χ3v) is 3.43. The first-order valence-electron chi connectivity index (χ1n) is 7.62. The molecule has 2 aromatic rings. The van der Waals surface area contributed by atoms with E-state index in [9.17, 15) is 15.0 Å². The van der Waals surface area contributed by atoms with E-state index in [1.165, 1.54) is 19.3 Å². The van der Waals surface area contributed by atoms with Gasteiger partial charge in [0.1, 0.15) is 5.75 Å². The van der Waals surface area contributed by atoms with Gasteiger partial charge in [-0.15, -0.1) is 0 Å². The van der Waals surface area contributed by atoms with E-state index in [0.29, 0.717) is 18.6 Å². The minimum absolute atomic E-state index is 0.0254. The zero-order chi connectivity index (χ0) is 17.4. The van der Waals surface area contributed by atoms with Crippen LogP contribution in [0.4, 0.5) is 0 Å². The fourth-order valence-corrected chi connectivity index (χ4v) is 2.10. The number of carbonyl (C=O) groups is 1. The van der Waals surface area contributed by atoms with Crippen LogP contribution in [0.1, 0.15) is 24.0 Å². The first kappa shape index (κ1) is 17.3. The Kier molecular flexibility index (Phi) is 6.20. The molecule has 0 bridgehead atoms. The molecule has 0 fully saturated rings. The number of benzene rings is 2. The smallest absolute Gasteiger partial charge is 0.161 e. The number of aromatic hydroxyl groups is 2. The Labute approximate surface area is 141 Å². The average Bonchev–Trinajstić information content (AvgIpc) is 2.59. The number of ether oxygens (including phenoxy) is 1. The highest BCUT2D eigenvalue weighted by atomic mass is 16.5. The molecule has 124 valence electrons. The lowest BCUT2D eigenvalue weighted by atomic mass is 10.1. The summed E-state index contributed by atoms with van der Waals surface area (Å²) < 4.78 is 5.03. The first-order valence-corrected chi connectivity index (χ1v) is 7.62. The van der Waals surface area contributed by atoms with E-state index >= 15 is 0 Å². The van der Waals surface area contributed by atoms with E-state index in [1.807, 2.05) is 24.3 Å². The second-order valence-corrected chi connectivity index (χ2v) is 5.26. The normalized spacial score (nSPS) is 11.2. The van der Waals surface area contributed by atoms with Crippen LogP contribution in [0.2, 0.25) is 0 Å². The van der Waals surface area contributed by atoms with Gasteiger partial charge in [0.25, 0.3) is 0 Å². The van der Waals surface area contributed by atoms with Gasteiger partial charge in [0.2, 0.25) is 0 Å². The molecule has 0 saturated carbocycles. The van der Waals surface area contributed by atoms with Crippen molar-refractivity contribution in [3.63, 3.8) is 0 Å². The lowest BCUT2D eigenvalue weighted by Crippen LogP contribution is -1.91. The second kappa shape index (κ2) is 8.58. The van der Waals surface area contributed by atoms with Gasteiger partial charge in [-0.3, -0.25) is 4.79 Å². The number of hydrogen-bond donors (Lipinski definition) is 2. The summed E-state index contributed by atoms with van der Waals surface area (Å²) in [4.78, 5) is 11.9. The number of ketones is 1. The molecule has 0 aliphatic rings. The van der Waals surface area contributed by atoms with Crippen LogP contribution in [-0.2, 0) is 4.79 Å². The maximum Gasteiger partial charge on any atom is 0.161 e. The van der Waals surface area contributed by atoms with Crippen LogP contribution in [0, 0.1) is 0 Å². The van der Waals surface area contributed by atoms with Crippen molar-refractivity contribution in [2.24, 2.45) is 0 Å². The third kappa shape index (κ3) is 5.32. The van der Waals surface area contributed by atoms with Crippen molar-refractivity contribution in [1.29, 1.82) is 0 Å². The maximum absolute atomic E-state index is 11.9. The second-order valence-electron chi connectivity index (χ2n) is 5.26. The molecule has 0 unspecified atom stereocenters. The zero-order valence-electron chi connectivity index (χ0n) is 13.5. The Balaban J connectivity index is 1.83. The Morgan fingerprint density at radius 1 is 1.04 bits per heavy atom. The summed E-state index contributed by atoms with van der Waals surface area (Å²) in [5.41, 5.74) is 1.77. The summed E-state index contributed by atoms with van der Waals surface area (Å²) >= 11 is 0. The minimum Gasteiger partial charge on any atom is -0.508 e. The van der Waals surface area contributed by atoms with E-state index in [4.69, 9.17) is 4.74 Å². The predicted octanol–water partition coefficient (Wildman–Crippen LogP) is 4.18. The third-order valence-electron chi connectivity index (χ3n) is 3.43. The van der Waals surface area contributed by atoms with E-state index < -0.39 is 0 Å². The number of phenolic OH excluding ortho intramolecular Hbond substituents is 2. The molecule has 0 amide bonds. The van der Waals surface area contributed by atoms with Crippen molar-refractivity contribution in [1.82, 2.24) is 0 Å². The number of hydrogen-bond acceptors (Lipinski definition) is 4. The SMILES string of the molecule is COc1cc(/C=C/C(=O)CCC=Cc2ccc(O)cc2)ccc1O. The highest BCUT2D eigenvalue weighted by Gasteiger charge is 2.01. The van der Waals surface area contributed by atoms with Crippen molar-refractivity contribution in [3.05, 3.63) is 65.7 Å². The molecule has 2 N–H and O–H groups in total. The Morgan fingerprint density at radius 2 is 1.75 bits per heavy atom. The molecule has 24 heavy (non-hydrogen) atoms. The van der Waals surface area contributed by atoms with Crippen LogP contribution in [0.3, 0.4) is 0 Å². The van der Waals surface area contributed by atoms with Crippen molar-refractivity contribution >= 4 is 17.9 Å². The van der Waals surface area contributed by atoms with Crippen molar-refractivity contribution in [2.75, 3.05) is 7.11 Å². The summed E-state index contributed by atoms with van der Waals surface area (Å²) in [5.74, 6) is 0.706. The van der Waals surface area contributed by atoms with Crippen molar-refractivity contribution in [3.8, 4) is 17.2 Å². The molecular weight excluding hydrogens is 304 g/mol. The predicted molar refractivity (Wildman–Crippen MR) is 95.1 cm³/mol. The fraction of sp³-hybridized carbons (Fsp3) is 0.150. The van der Waals surface area contributed by atoms with Gasteiger partial charge in [0, 0.05) is 6.42 Å². The van der Waals surface area contributed by atoms with Crippen LogP contribution in [-0.4, -0.2) is 23.1 Å².